The first-order valence-corrected chi connectivity index (χ1v) is 24.9. The summed E-state index contributed by atoms with van der Waals surface area (Å²) in [6.45, 7) is 27.0. The number of unbranched alkanes of at least 4 members (excludes halogenated alkanes) is 5. The first-order chi connectivity index (χ1) is 30.1. The van der Waals surface area contributed by atoms with Crippen molar-refractivity contribution < 1.29 is 59.0 Å². The van der Waals surface area contributed by atoms with Crippen LogP contribution in [0.2, 0.25) is 0 Å². The molecule has 4 rings (SSSR count). The van der Waals surface area contributed by atoms with Crippen LogP contribution in [0.4, 0.5) is 0 Å². The van der Waals surface area contributed by atoms with Crippen LogP contribution < -0.4 is 0 Å². The van der Waals surface area contributed by atoms with Crippen molar-refractivity contribution in [2.45, 2.75) is 294 Å². The zero-order chi connectivity index (χ0) is 49.9. The molecule has 4 saturated heterocycles. The Morgan fingerprint density at radius 2 is 0.561 bits per heavy atom. The summed E-state index contributed by atoms with van der Waals surface area (Å²) in [5.74, 6) is -1.45. The van der Waals surface area contributed by atoms with Crippen LogP contribution in [0.15, 0.2) is 0 Å². The molecule has 66 heavy (non-hydrogen) atoms. The highest BCUT2D eigenvalue weighted by molar-refractivity contribution is 5.78. The number of ether oxygens (including phenoxy) is 4. The molecular formula is C50H90N4O12. The van der Waals surface area contributed by atoms with E-state index in [-0.39, 0.29) is 37.0 Å². The van der Waals surface area contributed by atoms with E-state index < -0.39 is 68.5 Å². The van der Waals surface area contributed by atoms with Gasteiger partial charge in [0.25, 0.3) is 0 Å². The van der Waals surface area contributed by atoms with Gasteiger partial charge in [-0.1, -0.05) is 25.7 Å². The van der Waals surface area contributed by atoms with Crippen LogP contribution in [-0.4, -0.2) is 134 Å². The third-order valence-corrected chi connectivity index (χ3v) is 15.1. The zero-order valence-electron chi connectivity index (χ0n) is 43.3. The summed E-state index contributed by atoms with van der Waals surface area (Å²) in [5.41, 5.74) is -5.17. The molecule has 0 aromatic carbocycles. The number of hydroxylamine groups is 8. The summed E-state index contributed by atoms with van der Waals surface area (Å²) < 4.78 is 23.6. The summed E-state index contributed by atoms with van der Waals surface area (Å²) in [4.78, 5) is 51.7. The van der Waals surface area contributed by atoms with Crippen LogP contribution in [0, 0.1) is 0 Å². The van der Waals surface area contributed by atoms with Crippen molar-refractivity contribution in [3.05, 3.63) is 0 Å². The minimum Gasteiger partial charge on any atom is -0.462 e. The van der Waals surface area contributed by atoms with Crippen LogP contribution in [-0.2, 0) is 38.1 Å². The van der Waals surface area contributed by atoms with Gasteiger partial charge in [0.2, 0.25) is 0 Å². The second-order valence-corrected chi connectivity index (χ2v) is 24.8. The van der Waals surface area contributed by atoms with Gasteiger partial charge in [0, 0.05) is 109 Å². The molecule has 4 aliphatic rings. The van der Waals surface area contributed by atoms with Crippen LogP contribution in [0.25, 0.3) is 0 Å². The molecule has 0 saturated carbocycles. The lowest BCUT2D eigenvalue weighted by Crippen LogP contribution is -2.65. The van der Waals surface area contributed by atoms with Gasteiger partial charge in [-0.05, 0) is 123 Å². The van der Waals surface area contributed by atoms with Gasteiger partial charge < -0.3 is 39.8 Å². The van der Waals surface area contributed by atoms with Crippen molar-refractivity contribution in [3.63, 3.8) is 0 Å². The largest absolute Gasteiger partial charge is 0.462 e. The fourth-order valence-corrected chi connectivity index (χ4v) is 12.1. The first kappa shape index (κ1) is 56.2. The standard InChI is InChI=1S/C50H90N4O12/c1-43(2)27-35(28-44(3,4)51(43)59)63-39(55)21-19-17-15-16-18-20-22-40(56)65-37-31-47(9,10)53(61)49(13,33-37)25-26-50(14)34-38(32-48(11,12)54(50)62)66-42(58)24-23-41(57)64-36-29-45(5,6)52(60)46(7,8)30-36/h35-38,59-62H,15-34H2,1-14H3. The minimum absolute atomic E-state index is 0.127. The van der Waals surface area contributed by atoms with E-state index in [0.717, 1.165) is 32.1 Å². The fraction of sp³-hybridized carbons (Fsp3) is 0.920. The molecule has 0 amide bonds. The quantitative estimate of drug-likeness (QED) is 0.0542. The number of hydrogen-bond acceptors (Lipinski definition) is 16. The number of piperidine rings is 4. The second-order valence-electron chi connectivity index (χ2n) is 24.8. The van der Waals surface area contributed by atoms with Gasteiger partial charge in [-0.25, -0.2) is 0 Å². The molecule has 0 spiro atoms. The Labute approximate surface area is 396 Å². The SMILES string of the molecule is CC1(C)CC(OC(=O)CCCCCCCCC(=O)OC2CC(C)(C)N(O)C(C)(CCC3(C)CC(OC(=O)CCC(=O)OC4CC(C)(C)N(O)C(C)(C)C4)CC(C)(C)N3O)C2)CC(C)(C)N1O. The molecule has 4 N–H and O–H groups in total. The molecule has 0 bridgehead atoms. The molecule has 0 aliphatic carbocycles. The van der Waals surface area contributed by atoms with Crippen molar-refractivity contribution in [3.8, 4) is 0 Å². The van der Waals surface area contributed by atoms with Crippen molar-refractivity contribution in [2.75, 3.05) is 0 Å². The second kappa shape index (κ2) is 21.3. The summed E-state index contributed by atoms with van der Waals surface area (Å²) >= 11 is 0. The van der Waals surface area contributed by atoms with E-state index in [0.29, 0.717) is 83.5 Å². The number of nitrogens with zero attached hydrogens (tertiary/aromatic N) is 4. The lowest BCUT2D eigenvalue weighted by atomic mass is 9.72. The van der Waals surface area contributed by atoms with Crippen LogP contribution in [0.1, 0.15) is 225 Å². The maximum Gasteiger partial charge on any atom is 0.306 e. The van der Waals surface area contributed by atoms with E-state index in [1.165, 1.54) is 20.3 Å². The summed E-state index contributed by atoms with van der Waals surface area (Å²) in [6, 6.07) is 0. The number of esters is 4. The Morgan fingerprint density at radius 3 is 0.833 bits per heavy atom. The van der Waals surface area contributed by atoms with Crippen LogP contribution in [0.3, 0.4) is 0 Å². The molecular weight excluding hydrogens is 849 g/mol. The highest BCUT2D eigenvalue weighted by Crippen LogP contribution is 2.46. The predicted octanol–water partition coefficient (Wildman–Crippen LogP) is 9.44. The molecule has 4 heterocycles. The molecule has 4 atom stereocenters. The predicted molar refractivity (Wildman–Crippen MR) is 248 cm³/mol. The van der Waals surface area contributed by atoms with Crippen molar-refractivity contribution in [2.24, 2.45) is 0 Å². The smallest absolute Gasteiger partial charge is 0.306 e. The van der Waals surface area contributed by atoms with Crippen molar-refractivity contribution in [1.29, 1.82) is 0 Å². The van der Waals surface area contributed by atoms with Gasteiger partial charge in [-0.15, -0.1) is 0 Å². The van der Waals surface area contributed by atoms with Gasteiger partial charge in [0.15, 0.2) is 0 Å². The molecule has 4 fully saturated rings. The maximum absolute atomic E-state index is 13.2. The van der Waals surface area contributed by atoms with Gasteiger partial charge in [-0.3, -0.25) is 19.2 Å². The van der Waals surface area contributed by atoms with E-state index in [1.54, 1.807) is 0 Å². The van der Waals surface area contributed by atoms with Gasteiger partial charge in [-0.2, -0.15) is 20.3 Å². The normalized spacial score (nSPS) is 30.3. The monoisotopic (exact) mass is 939 g/mol. The molecule has 4 unspecified atom stereocenters. The Morgan fingerprint density at radius 1 is 0.348 bits per heavy atom. The number of hydrogen-bond donors (Lipinski definition) is 4. The summed E-state index contributed by atoms with van der Waals surface area (Å²) in [7, 11) is 0. The number of carbonyl (C=O) groups is 4. The van der Waals surface area contributed by atoms with Crippen LogP contribution in [0.5, 0.6) is 0 Å². The molecule has 382 valence electrons. The third-order valence-electron chi connectivity index (χ3n) is 15.1. The Bertz CT molecular complexity index is 1650. The molecule has 16 nitrogen and oxygen atoms in total. The average Bonchev–Trinajstić information content (AvgIpc) is 3.16. The molecule has 16 heteroatoms. The van der Waals surface area contributed by atoms with E-state index in [9.17, 15) is 40.0 Å². The zero-order valence-corrected chi connectivity index (χ0v) is 43.3. The summed E-state index contributed by atoms with van der Waals surface area (Å²) in [5, 5.41) is 49.8. The van der Waals surface area contributed by atoms with E-state index in [4.69, 9.17) is 18.9 Å². The Balaban J connectivity index is 1.19. The lowest BCUT2D eigenvalue weighted by molar-refractivity contribution is -0.282. The fourth-order valence-electron chi connectivity index (χ4n) is 12.1. The van der Waals surface area contributed by atoms with Gasteiger partial charge in [0.05, 0.1) is 12.8 Å². The van der Waals surface area contributed by atoms with Crippen molar-refractivity contribution >= 4 is 23.9 Å². The van der Waals surface area contributed by atoms with E-state index in [2.05, 4.69) is 0 Å². The molecule has 4 aliphatic heterocycles. The first-order valence-electron chi connectivity index (χ1n) is 24.9. The Hall–Kier alpha value is -2.44. The highest BCUT2D eigenvalue weighted by Gasteiger charge is 2.53. The van der Waals surface area contributed by atoms with E-state index >= 15 is 0 Å². The van der Waals surface area contributed by atoms with Gasteiger partial charge >= 0.3 is 23.9 Å². The van der Waals surface area contributed by atoms with Gasteiger partial charge in [0.1, 0.15) is 24.4 Å². The molecule has 0 aromatic heterocycles. The molecule has 0 radical (unpaired) electrons. The Kier molecular flexibility index (Phi) is 18.1. The highest BCUT2D eigenvalue weighted by atomic mass is 16.6. The minimum atomic E-state index is -0.832. The number of carbonyl (C=O) groups excluding carboxylic acids is 4. The third kappa shape index (κ3) is 14.6. The lowest BCUT2D eigenvalue weighted by Gasteiger charge is -2.56. The maximum atomic E-state index is 13.2. The van der Waals surface area contributed by atoms with Crippen molar-refractivity contribution in [1.82, 2.24) is 20.3 Å². The average molecular weight is 939 g/mol. The summed E-state index contributed by atoms with van der Waals surface area (Å²) in [6.07, 6.45) is 8.58. The number of rotatable bonds is 19. The molecule has 0 aromatic rings. The topological polar surface area (TPSA) is 199 Å². The van der Waals surface area contributed by atoms with Crippen LogP contribution >= 0.6 is 0 Å². The van der Waals surface area contributed by atoms with E-state index in [1.807, 2.05) is 96.9 Å².